The van der Waals surface area contributed by atoms with Gasteiger partial charge in [0.1, 0.15) is 0 Å². The van der Waals surface area contributed by atoms with Crippen molar-refractivity contribution in [2.45, 2.75) is 57.6 Å². The molecule has 1 unspecified atom stereocenters. The Morgan fingerprint density at radius 1 is 1.33 bits per heavy atom. The smallest absolute Gasteiger partial charge is 0.282 e. The van der Waals surface area contributed by atoms with Crippen LogP contribution in [0.25, 0.3) is 0 Å². The van der Waals surface area contributed by atoms with Crippen LogP contribution in [0.2, 0.25) is 0 Å². The monoisotopic (exact) mass is 276 g/mol. The lowest BCUT2D eigenvalue weighted by molar-refractivity contribution is -0.0681. The van der Waals surface area contributed by atoms with Crippen LogP contribution in [0.1, 0.15) is 46.0 Å². The van der Waals surface area contributed by atoms with Gasteiger partial charge in [-0.3, -0.25) is 0 Å². The summed E-state index contributed by atoms with van der Waals surface area (Å²) in [5, 5.41) is 10.1. The zero-order chi connectivity index (χ0) is 13.4. The zero-order valence-corrected chi connectivity index (χ0v) is 12.1. The van der Waals surface area contributed by atoms with E-state index in [1.807, 2.05) is 13.8 Å². The fourth-order valence-corrected chi connectivity index (χ4v) is 4.98. The molecule has 2 rings (SSSR count). The predicted molar refractivity (Wildman–Crippen MR) is 70.4 cm³/mol. The quantitative estimate of drug-likeness (QED) is 0.831. The van der Waals surface area contributed by atoms with Gasteiger partial charge in [0.15, 0.2) is 0 Å². The average Bonchev–Trinajstić information content (AvgIpc) is 2.26. The lowest BCUT2D eigenvalue weighted by atomic mass is 9.92. The zero-order valence-electron chi connectivity index (χ0n) is 11.3. The molecule has 18 heavy (non-hydrogen) atoms. The Labute approximate surface area is 110 Å². The maximum absolute atomic E-state index is 12.4. The Kier molecular flexibility index (Phi) is 4.02. The maximum Gasteiger partial charge on any atom is 0.282 e. The molecule has 1 atom stereocenters. The number of β-amino-alcohol motifs (C(OH)–C–C–N with tert-alkyl or cyclic N) is 1. The Hall–Kier alpha value is -0.170. The molecule has 0 amide bonds. The van der Waals surface area contributed by atoms with Gasteiger partial charge in [-0.2, -0.15) is 17.0 Å². The standard InChI is InChI=1S/C12H24N2O3S/c1-3-7-12(15)9-13(10-12)18(16,17)14-8-5-4-6-11(14)2/h11,15H,3-10H2,1-2H3. The van der Waals surface area contributed by atoms with Crippen LogP contribution in [0, 0.1) is 0 Å². The molecule has 1 N–H and O–H groups in total. The molecule has 6 heteroatoms. The van der Waals surface area contributed by atoms with E-state index in [0.29, 0.717) is 13.0 Å². The van der Waals surface area contributed by atoms with Crippen molar-refractivity contribution < 1.29 is 13.5 Å². The third-order valence-electron chi connectivity index (χ3n) is 4.02. The summed E-state index contributed by atoms with van der Waals surface area (Å²) in [6, 6.07) is 0.0867. The van der Waals surface area contributed by atoms with Gasteiger partial charge in [0, 0.05) is 25.7 Å². The van der Waals surface area contributed by atoms with Crippen LogP contribution >= 0.6 is 0 Å². The number of hydrogen-bond acceptors (Lipinski definition) is 3. The van der Waals surface area contributed by atoms with E-state index in [2.05, 4.69) is 0 Å². The van der Waals surface area contributed by atoms with Crippen LogP contribution in [-0.2, 0) is 10.2 Å². The van der Waals surface area contributed by atoms with Gasteiger partial charge < -0.3 is 5.11 Å². The van der Waals surface area contributed by atoms with Gasteiger partial charge in [0.05, 0.1) is 5.60 Å². The average molecular weight is 276 g/mol. The number of nitrogens with zero attached hydrogens (tertiary/aromatic N) is 2. The summed E-state index contributed by atoms with van der Waals surface area (Å²) in [5.41, 5.74) is -0.791. The molecule has 0 aromatic carbocycles. The normalized spacial score (nSPS) is 30.1. The van der Waals surface area contributed by atoms with Gasteiger partial charge in [-0.05, 0) is 26.2 Å². The SMILES string of the molecule is CCCC1(O)CN(S(=O)(=O)N2CCCCC2C)C1. The first-order valence-corrected chi connectivity index (χ1v) is 8.28. The van der Waals surface area contributed by atoms with Crippen LogP contribution in [0.3, 0.4) is 0 Å². The minimum atomic E-state index is -3.36. The maximum atomic E-state index is 12.4. The minimum absolute atomic E-state index is 0.0867. The molecular formula is C12H24N2O3S. The molecule has 0 spiro atoms. The molecule has 2 aliphatic heterocycles. The van der Waals surface area contributed by atoms with Crippen LogP contribution in [-0.4, -0.2) is 53.4 Å². The van der Waals surface area contributed by atoms with E-state index in [1.54, 1.807) is 4.31 Å². The molecule has 2 heterocycles. The van der Waals surface area contributed by atoms with Crippen molar-refractivity contribution >= 4 is 10.2 Å². The Morgan fingerprint density at radius 2 is 2.00 bits per heavy atom. The predicted octanol–water partition coefficient (Wildman–Crippen LogP) is 0.952. The molecule has 0 aromatic rings. The summed E-state index contributed by atoms with van der Waals surface area (Å²) in [4.78, 5) is 0. The van der Waals surface area contributed by atoms with Crippen LogP contribution < -0.4 is 0 Å². The third kappa shape index (κ3) is 2.57. The van der Waals surface area contributed by atoms with Crippen molar-refractivity contribution in [1.29, 1.82) is 0 Å². The Bertz CT molecular complexity index is 390. The summed E-state index contributed by atoms with van der Waals surface area (Å²) in [6.45, 7) is 5.10. The molecule has 0 aliphatic carbocycles. The highest BCUT2D eigenvalue weighted by molar-refractivity contribution is 7.86. The number of rotatable bonds is 4. The number of aliphatic hydroxyl groups is 1. The molecule has 106 valence electrons. The molecule has 0 aromatic heterocycles. The molecule has 5 nitrogen and oxygen atoms in total. The van der Waals surface area contributed by atoms with Crippen molar-refractivity contribution in [3.63, 3.8) is 0 Å². The van der Waals surface area contributed by atoms with E-state index in [-0.39, 0.29) is 19.1 Å². The topological polar surface area (TPSA) is 60.9 Å². The third-order valence-corrected chi connectivity index (χ3v) is 6.07. The lowest BCUT2D eigenvalue weighted by Gasteiger charge is -2.48. The fourth-order valence-electron chi connectivity index (χ4n) is 2.96. The summed E-state index contributed by atoms with van der Waals surface area (Å²) in [6.07, 6.45) is 4.54. The molecule has 0 bridgehead atoms. The molecule has 2 saturated heterocycles. The van der Waals surface area contributed by atoms with Gasteiger partial charge in [0.2, 0.25) is 0 Å². The first-order valence-electron chi connectivity index (χ1n) is 6.88. The van der Waals surface area contributed by atoms with Gasteiger partial charge >= 0.3 is 0 Å². The van der Waals surface area contributed by atoms with E-state index < -0.39 is 15.8 Å². The Morgan fingerprint density at radius 3 is 2.56 bits per heavy atom. The second-order valence-electron chi connectivity index (χ2n) is 5.71. The lowest BCUT2D eigenvalue weighted by Crippen LogP contribution is -2.66. The van der Waals surface area contributed by atoms with E-state index >= 15 is 0 Å². The van der Waals surface area contributed by atoms with Gasteiger partial charge in [-0.25, -0.2) is 0 Å². The first kappa shape index (κ1) is 14.2. The number of hydrogen-bond donors (Lipinski definition) is 1. The minimum Gasteiger partial charge on any atom is -0.387 e. The van der Waals surface area contributed by atoms with Crippen LogP contribution in [0.4, 0.5) is 0 Å². The highest BCUT2D eigenvalue weighted by atomic mass is 32.2. The second kappa shape index (κ2) is 5.07. The molecule has 0 radical (unpaired) electrons. The van der Waals surface area contributed by atoms with Gasteiger partial charge in [-0.1, -0.05) is 19.8 Å². The molecular weight excluding hydrogens is 252 g/mol. The summed E-state index contributed by atoms with van der Waals surface area (Å²) in [5.74, 6) is 0. The Balaban J connectivity index is 2.01. The number of piperidine rings is 1. The summed E-state index contributed by atoms with van der Waals surface area (Å²) >= 11 is 0. The van der Waals surface area contributed by atoms with Crippen molar-refractivity contribution in [2.24, 2.45) is 0 Å². The van der Waals surface area contributed by atoms with Crippen molar-refractivity contribution in [2.75, 3.05) is 19.6 Å². The van der Waals surface area contributed by atoms with Crippen molar-refractivity contribution in [3.8, 4) is 0 Å². The fraction of sp³-hybridized carbons (Fsp3) is 1.00. The van der Waals surface area contributed by atoms with Crippen LogP contribution in [0.5, 0.6) is 0 Å². The molecule has 0 saturated carbocycles. The van der Waals surface area contributed by atoms with Crippen molar-refractivity contribution in [3.05, 3.63) is 0 Å². The summed E-state index contributed by atoms with van der Waals surface area (Å²) in [7, 11) is -3.36. The second-order valence-corrected chi connectivity index (χ2v) is 7.59. The summed E-state index contributed by atoms with van der Waals surface area (Å²) < 4.78 is 27.8. The molecule has 2 aliphatic rings. The van der Waals surface area contributed by atoms with E-state index in [4.69, 9.17) is 0 Å². The molecule has 2 fully saturated rings. The van der Waals surface area contributed by atoms with Crippen LogP contribution in [0.15, 0.2) is 0 Å². The van der Waals surface area contributed by atoms with Gasteiger partial charge in [-0.15, -0.1) is 0 Å². The largest absolute Gasteiger partial charge is 0.387 e. The van der Waals surface area contributed by atoms with E-state index in [9.17, 15) is 13.5 Å². The van der Waals surface area contributed by atoms with E-state index in [1.165, 1.54) is 4.31 Å². The first-order chi connectivity index (χ1) is 8.39. The highest BCUT2D eigenvalue weighted by Crippen LogP contribution is 2.31. The van der Waals surface area contributed by atoms with Gasteiger partial charge in [0.25, 0.3) is 10.2 Å². The highest BCUT2D eigenvalue weighted by Gasteiger charge is 2.48. The van der Waals surface area contributed by atoms with Crippen molar-refractivity contribution in [1.82, 2.24) is 8.61 Å². The van der Waals surface area contributed by atoms with E-state index in [0.717, 1.165) is 25.7 Å².